The van der Waals surface area contributed by atoms with Gasteiger partial charge >= 0.3 is 0 Å². The van der Waals surface area contributed by atoms with Crippen molar-refractivity contribution in [2.24, 2.45) is 5.11 Å². The average molecular weight is 430 g/mol. The van der Waals surface area contributed by atoms with Gasteiger partial charge in [-0.05, 0) is 29.5 Å². The first-order valence-corrected chi connectivity index (χ1v) is 12.2. The molecule has 0 aliphatic rings. The molecule has 31 heavy (non-hydrogen) atoms. The lowest BCUT2D eigenvalue weighted by atomic mass is 9.98. The fourth-order valence-corrected chi connectivity index (χ4v) is 3.86. The second kappa shape index (κ2) is 18.9. The summed E-state index contributed by atoms with van der Waals surface area (Å²) in [7, 11) is 0. The number of hydrogen-bond donors (Lipinski definition) is 1. The number of hydrogen-bond acceptors (Lipinski definition) is 3. The van der Waals surface area contributed by atoms with E-state index in [-0.39, 0.29) is 6.61 Å². The maximum absolute atomic E-state index is 9.66. The third-order valence-electron chi connectivity index (χ3n) is 5.76. The van der Waals surface area contributed by atoms with Gasteiger partial charge in [-0.2, -0.15) is 0 Å². The van der Waals surface area contributed by atoms with Gasteiger partial charge in [0, 0.05) is 4.91 Å². The van der Waals surface area contributed by atoms with E-state index in [9.17, 15) is 5.11 Å². The molecule has 174 valence electrons. The van der Waals surface area contributed by atoms with Crippen LogP contribution in [0, 0.1) is 0 Å². The van der Waals surface area contributed by atoms with Crippen molar-refractivity contribution in [2.75, 3.05) is 6.61 Å². The summed E-state index contributed by atoms with van der Waals surface area (Å²) in [6, 6.07) is 9.24. The molecular formula is C26H43N3O2. The predicted octanol–water partition coefficient (Wildman–Crippen LogP) is 7.89. The van der Waals surface area contributed by atoms with Crippen LogP contribution in [0.2, 0.25) is 0 Å². The summed E-state index contributed by atoms with van der Waals surface area (Å²) in [4.78, 5) is 2.87. The van der Waals surface area contributed by atoms with Crippen molar-refractivity contribution in [3.63, 3.8) is 0 Å². The molecule has 0 aliphatic carbocycles. The first kappa shape index (κ1) is 27.2. The number of aliphatic hydroxyl groups is 1. The number of azide groups is 1. The van der Waals surface area contributed by atoms with Crippen LogP contribution in [0.15, 0.2) is 47.6 Å². The quantitative estimate of drug-likeness (QED) is 0.0751. The Bertz CT molecular complexity index is 614. The first-order chi connectivity index (χ1) is 15.2. The smallest absolute Gasteiger partial charge is 0.0905 e. The molecule has 5 nitrogen and oxygen atoms in total. The van der Waals surface area contributed by atoms with Crippen LogP contribution in [-0.2, 0) is 11.3 Å². The van der Waals surface area contributed by atoms with Crippen LogP contribution >= 0.6 is 0 Å². The fourth-order valence-electron chi connectivity index (χ4n) is 3.86. The molecule has 0 amide bonds. The van der Waals surface area contributed by atoms with Gasteiger partial charge in [-0.1, -0.05) is 120 Å². The Morgan fingerprint density at radius 1 is 0.968 bits per heavy atom. The Kier molecular flexibility index (Phi) is 16.6. The van der Waals surface area contributed by atoms with Gasteiger partial charge in [-0.3, -0.25) is 0 Å². The second-order valence-electron chi connectivity index (χ2n) is 8.47. The van der Waals surface area contributed by atoms with E-state index in [1.807, 2.05) is 30.3 Å². The maximum atomic E-state index is 9.66. The minimum absolute atomic E-state index is 0.249. The highest BCUT2D eigenvalue weighted by Crippen LogP contribution is 2.21. The van der Waals surface area contributed by atoms with E-state index in [1.54, 1.807) is 0 Å². The fraction of sp³-hybridized carbons (Fsp3) is 0.692. The number of aliphatic hydroxyl groups excluding tert-OH is 1. The molecule has 0 fully saturated rings. The summed E-state index contributed by atoms with van der Waals surface area (Å²) in [5.74, 6) is 0. The average Bonchev–Trinajstić information content (AvgIpc) is 2.79. The van der Waals surface area contributed by atoms with Crippen molar-refractivity contribution < 1.29 is 9.84 Å². The van der Waals surface area contributed by atoms with Crippen LogP contribution in [0.25, 0.3) is 10.4 Å². The van der Waals surface area contributed by atoms with Gasteiger partial charge in [0.25, 0.3) is 0 Å². The zero-order chi connectivity index (χ0) is 22.6. The highest BCUT2D eigenvalue weighted by molar-refractivity contribution is 5.14. The van der Waals surface area contributed by atoms with Gasteiger partial charge in [0.05, 0.1) is 25.4 Å². The van der Waals surface area contributed by atoms with Gasteiger partial charge < -0.3 is 9.84 Å². The van der Waals surface area contributed by atoms with E-state index in [4.69, 9.17) is 10.3 Å². The largest absolute Gasteiger partial charge is 0.396 e. The standard InChI is InChI=1S/C26H43N3O2/c1-3-4-5-6-7-8-9-10-11-12-13-15-18-23(2)26(25(21-30)28-29-27)31-22-24-19-16-14-17-20-24/h14,16-17,19-20,25-26,30H,2-13,15,18,21-22H2,1H3/t25-,26+/m0/s1. The molecular weight excluding hydrogens is 386 g/mol. The van der Waals surface area contributed by atoms with E-state index in [1.165, 1.54) is 70.6 Å². The van der Waals surface area contributed by atoms with Gasteiger partial charge in [-0.15, -0.1) is 0 Å². The van der Waals surface area contributed by atoms with Gasteiger partial charge in [0.2, 0.25) is 0 Å². The van der Waals surface area contributed by atoms with Crippen molar-refractivity contribution in [3.05, 3.63) is 58.5 Å². The lowest BCUT2D eigenvalue weighted by Crippen LogP contribution is -2.32. The maximum Gasteiger partial charge on any atom is 0.0905 e. The molecule has 0 unspecified atom stereocenters. The molecule has 0 radical (unpaired) electrons. The van der Waals surface area contributed by atoms with Gasteiger partial charge in [0.15, 0.2) is 0 Å². The molecule has 0 heterocycles. The molecule has 0 bridgehead atoms. The number of rotatable bonds is 20. The Balaban J connectivity index is 2.26. The van der Waals surface area contributed by atoms with Crippen LogP contribution < -0.4 is 0 Å². The highest BCUT2D eigenvalue weighted by Gasteiger charge is 2.23. The van der Waals surface area contributed by atoms with Crippen LogP contribution in [-0.4, -0.2) is 23.9 Å². The molecule has 0 saturated carbocycles. The second-order valence-corrected chi connectivity index (χ2v) is 8.47. The Morgan fingerprint density at radius 3 is 2.03 bits per heavy atom. The number of unbranched alkanes of at least 4 members (excludes halogenated alkanes) is 11. The highest BCUT2D eigenvalue weighted by atomic mass is 16.5. The van der Waals surface area contributed by atoms with E-state index < -0.39 is 12.1 Å². The van der Waals surface area contributed by atoms with Crippen LogP contribution in [0.1, 0.15) is 96.0 Å². The normalized spacial score (nSPS) is 12.8. The molecule has 1 aromatic carbocycles. The molecule has 2 atom stereocenters. The van der Waals surface area contributed by atoms with Crippen molar-refractivity contribution in [2.45, 2.75) is 109 Å². The van der Waals surface area contributed by atoms with E-state index in [0.717, 1.165) is 24.0 Å². The van der Waals surface area contributed by atoms with Crippen molar-refractivity contribution in [1.29, 1.82) is 0 Å². The first-order valence-electron chi connectivity index (χ1n) is 12.2. The minimum Gasteiger partial charge on any atom is -0.396 e. The van der Waals surface area contributed by atoms with Gasteiger partial charge in [0.1, 0.15) is 0 Å². The molecule has 0 spiro atoms. The molecule has 1 aromatic rings. The number of ether oxygens (including phenoxy) is 1. The third kappa shape index (κ3) is 13.3. The lowest BCUT2D eigenvalue weighted by molar-refractivity contribution is 0.0314. The number of benzene rings is 1. The van der Waals surface area contributed by atoms with Crippen molar-refractivity contribution in [3.8, 4) is 0 Å². The summed E-state index contributed by atoms with van der Waals surface area (Å²) in [5.41, 5.74) is 10.8. The summed E-state index contributed by atoms with van der Waals surface area (Å²) >= 11 is 0. The Hall–Kier alpha value is -1.81. The summed E-state index contributed by atoms with van der Waals surface area (Å²) in [5, 5.41) is 13.4. The summed E-state index contributed by atoms with van der Waals surface area (Å²) in [6.07, 6.45) is 16.1. The predicted molar refractivity (Wildman–Crippen MR) is 130 cm³/mol. The van der Waals surface area contributed by atoms with Crippen LogP contribution in [0.4, 0.5) is 0 Å². The van der Waals surface area contributed by atoms with Crippen molar-refractivity contribution >= 4 is 0 Å². The zero-order valence-electron chi connectivity index (χ0n) is 19.6. The van der Waals surface area contributed by atoms with Crippen LogP contribution in [0.5, 0.6) is 0 Å². The lowest BCUT2D eigenvalue weighted by Gasteiger charge is -2.25. The van der Waals surface area contributed by atoms with Crippen LogP contribution in [0.3, 0.4) is 0 Å². The van der Waals surface area contributed by atoms with Gasteiger partial charge in [-0.25, -0.2) is 0 Å². The van der Waals surface area contributed by atoms with E-state index in [2.05, 4.69) is 23.5 Å². The molecule has 0 aliphatic heterocycles. The van der Waals surface area contributed by atoms with Crippen molar-refractivity contribution in [1.82, 2.24) is 0 Å². The zero-order valence-corrected chi connectivity index (χ0v) is 19.6. The molecule has 0 saturated heterocycles. The Morgan fingerprint density at radius 2 is 1.52 bits per heavy atom. The molecule has 1 rings (SSSR count). The van der Waals surface area contributed by atoms with E-state index in [0.29, 0.717) is 6.61 Å². The summed E-state index contributed by atoms with van der Waals surface area (Å²) < 4.78 is 6.03. The number of nitrogens with zero attached hydrogens (tertiary/aromatic N) is 3. The molecule has 0 aromatic heterocycles. The monoisotopic (exact) mass is 429 g/mol. The molecule has 1 N–H and O–H groups in total. The van der Waals surface area contributed by atoms with E-state index >= 15 is 0 Å². The molecule has 5 heteroatoms. The topological polar surface area (TPSA) is 78.2 Å². The minimum atomic E-state index is -0.640. The third-order valence-corrected chi connectivity index (χ3v) is 5.76. The summed E-state index contributed by atoms with van der Waals surface area (Å²) in [6.45, 7) is 6.60. The Labute approximate surface area is 189 Å². The SMILES string of the molecule is C=C(CCCCCCCCCCCCCC)[C@@H](OCc1ccccc1)[C@H](CO)N=[N+]=[N-].